The van der Waals surface area contributed by atoms with E-state index in [-0.39, 0.29) is 6.61 Å². The molecule has 1 nitrogen and oxygen atoms in total. The van der Waals surface area contributed by atoms with Crippen LogP contribution in [0.2, 0.25) is 0 Å². The van der Waals surface area contributed by atoms with Crippen molar-refractivity contribution in [2.24, 2.45) is 0 Å². The van der Waals surface area contributed by atoms with E-state index in [1.807, 2.05) is 0 Å². The molecule has 0 radical (unpaired) electrons. The van der Waals surface area contributed by atoms with Crippen LogP contribution < -0.4 is 0 Å². The Morgan fingerprint density at radius 2 is 1.92 bits per heavy atom. The van der Waals surface area contributed by atoms with E-state index in [4.69, 9.17) is 5.11 Å². The molecular formula is C11H12O. The van der Waals surface area contributed by atoms with E-state index in [1.54, 1.807) is 0 Å². The smallest absolute Gasteiger partial charge is 0.0645 e. The van der Waals surface area contributed by atoms with Gasteiger partial charge in [-0.1, -0.05) is 30.3 Å². The molecule has 0 unspecified atom stereocenters. The van der Waals surface area contributed by atoms with Gasteiger partial charge < -0.3 is 5.11 Å². The first-order chi connectivity index (χ1) is 5.90. The minimum Gasteiger partial charge on any atom is -0.392 e. The maximum atomic E-state index is 8.95. The van der Waals surface area contributed by atoms with Crippen LogP contribution in [0.1, 0.15) is 11.1 Å². The lowest BCUT2D eigenvalue weighted by Crippen LogP contribution is -2.05. The Hall–Kier alpha value is -1.08. The second-order valence-corrected chi connectivity index (χ2v) is 3.17. The van der Waals surface area contributed by atoms with Crippen LogP contribution in [0.15, 0.2) is 35.9 Å². The second-order valence-electron chi connectivity index (χ2n) is 3.17. The molecule has 0 heterocycles. The molecule has 2 rings (SSSR count). The highest BCUT2D eigenvalue weighted by molar-refractivity contribution is 5.36. The third-order valence-corrected chi connectivity index (χ3v) is 2.35. The summed E-state index contributed by atoms with van der Waals surface area (Å²) in [6.45, 7) is 0.203. The molecule has 0 amide bonds. The number of fused-ring (bicyclic) bond motifs is 1. The van der Waals surface area contributed by atoms with Gasteiger partial charge in [0.1, 0.15) is 0 Å². The number of hydrogen-bond donors (Lipinski definition) is 1. The standard InChI is InChI=1S/C11H12O/c12-8-9-5-6-10-3-1-2-4-11(10)7-9/h1-5,12H,6-8H2. The van der Waals surface area contributed by atoms with E-state index >= 15 is 0 Å². The minimum absolute atomic E-state index is 0.203. The number of allylic oxidation sites excluding steroid dienone is 1. The molecule has 1 aliphatic carbocycles. The van der Waals surface area contributed by atoms with E-state index in [9.17, 15) is 0 Å². The highest BCUT2D eigenvalue weighted by Gasteiger charge is 2.08. The zero-order chi connectivity index (χ0) is 8.39. The van der Waals surface area contributed by atoms with E-state index in [1.165, 1.54) is 11.1 Å². The van der Waals surface area contributed by atoms with Gasteiger partial charge >= 0.3 is 0 Å². The van der Waals surface area contributed by atoms with Crippen LogP contribution in [0.25, 0.3) is 0 Å². The van der Waals surface area contributed by atoms with Crippen molar-refractivity contribution in [2.45, 2.75) is 12.8 Å². The SMILES string of the molecule is OCC1=CCc2ccccc2C1. The molecule has 1 aromatic carbocycles. The Balaban J connectivity index is 2.31. The van der Waals surface area contributed by atoms with Crippen LogP contribution in [0.3, 0.4) is 0 Å². The summed E-state index contributed by atoms with van der Waals surface area (Å²) in [6.07, 6.45) is 4.03. The highest BCUT2D eigenvalue weighted by atomic mass is 16.3. The van der Waals surface area contributed by atoms with Crippen molar-refractivity contribution in [2.75, 3.05) is 6.61 Å². The van der Waals surface area contributed by atoms with Gasteiger partial charge in [0.25, 0.3) is 0 Å². The minimum atomic E-state index is 0.203. The lowest BCUT2D eigenvalue weighted by Gasteiger charge is -2.14. The Labute approximate surface area is 72.4 Å². The van der Waals surface area contributed by atoms with Crippen molar-refractivity contribution < 1.29 is 5.11 Å². The van der Waals surface area contributed by atoms with Gasteiger partial charge in [-0.25, -0.2) is 0 Å². The first kappa shape index (κ1) is 7.56. The molecule has 0 spiro atoms. The molecule has 1 aliphatic rings. The topological polar surface area (TPSA) is 20.2 Å². The molecule has 0 saturated carbocycles. The van der Waals surface area contributed by atoms with Gasteiger partial charge in [0.05, 0.1) is 6.61 Å². The number of hydrogen-bond acceptors (Lipinski definition) is 1. The molecule has 0 saturated heterocycles. The van der Waals surface area contributed by atoms with E-state index in [0.717, 1.165) is 18.4 Å². The van der Waals surface area contributed by atoms with Crippen molar-refractivity contribution in [3.05, 3.63) is 47.0 Å². The maximum absolute atomic E-state index is 8.95. The Bertz CT molecular complexity index is 313. The van der Waals surface area contributed by atoms with E-state index in [2.05, 4.69) is 30.3 Å². The lowest BCUT2D eigenvalue weighted by atomic mass is 9.92. The molecule has 12 heavy (non-hydrogen) atoms. The van der Waals surface area contributed by atoms with Crippen molar-refractivity contribution in [1.82, 2.24) is 0 Å². The summed E-state index contributed by atoms with van der Waals surface area (Å²) < 4.78 is 0. The Morgan fingerprint density at radius 3 is 2.67 bits per heavy atom. The Kier molecular flexibility index (Phi) is 1.96. The monoisotopic (exact) mass is 160 g/mol. The van der Waals surface area contributed by atoms with Crippen LogP contribution in [0.4, 0.5) is 0 Å². The molecule has 0 fully saturated rings. The molecule has 0 aromatic heterocycles. The van der Waals surface area contributed by atoms with Crippen LogP contribution in [0.5, 0.6) is 0 Å². The maximum Gasteiger partial charge on any atom is 0.0645 e. The molecular weight excluding hydrogens is 148 g/mol. The molecule has 0 atom stereocenters. The molecule has 1 heteroatoms. The predicted octanol–water partition coefficient (Wildman–Crippen LogP) is 1.70. The first-order valence-electron chi connectivity index (χ1n) is 4.25. The van der Waals surface area contributed by atoms with Crippen molar-refractivity contribution in [3.63, 3.8) is 0 Å². The fourth-order valence-corrected chi connectivity index (χ4v) is 1.62. The quantitative estimate of drug-likeness (QED) is 0.620. The van der Waals surface area contributed by atoms with Gasteiger partial charge in [-0.15, -0.1) is 0 Å². The zero-order valence-electron chi connectivity index (χ0n) is 6.96. The molecule has 0 aliphatic heterocycles. The average Bonchev–Trinajstić information content (AvgIpc) is 2.17. The van der Waals surface area contributed by atoms with Gasteiger partial charge in [-0.3, -0.25) is 0 Å². The summed E-state index contributed by atoms with van der Waals surface area (Å²) in [5.41, 5.74) is 3.91. The number of benzene rings is 1. The molecule has 62 valence electrons. The molecule has 0 bridgehead atoms. The average molecular weight is 160 g/mol. The van der Waals surface area contributed by atoms with Crippen LogP contribution in [-0.4, -0.2) is 11.7 Å². The van der Waals surface area contributed by atoms with Gasteiger partial charge in [-0.05, 0) is 29.5 Å². The normalized spacial score (nSPS) is 15.2. The summed E-state index contributed by atoms with van der Waals surface area (Å²) in [4.78, 5) is 0. The van der Waals surface area contributed by atoms with Gasteiger partial charge in [-0.2, -0.15) is 0 Å². The Morgan fingerprint density at radius 1 is 1.17 bits per heavy atom. The summed E-state index contributed by atoms with van der Waals surface area (Å²) in [7, 11) is 0. The fraction of sp³-hybridized carbons (Fsp3) is 0.273. The summed E-state index contributed by atoms with van der Waals surface area (Å²) in [5.74, 6) is 0. The van der Waals surface area contributed by atoms with Crippen LogP contribution >= 0.6 is 0 Å². The lowest BCUT2D eigenvalue weighted by molar-refractivity contribution is 0.327. The summed E-state index contributed by atoms with van der Waals surface area (Å²) in [6, 6.07) is 8.41. The van der Waals surface area contributed by atoms with Gasteiger partial charge in [0, 0.05) is 0 Å². The molecule has 1 N–H and O–H groups in total. The van der Waals surface area contributed by atoms with E-state index < -0.39 is 0 Å². The van der Waals surface area contributed by atoms with Crippen LogP contribution in [0, 0.1) is 0 Å². The van der Waals surface area contributed by atoms with Gasteiger partial charge in [0.2, 0.25) is 0 Å². The number of rotatable bonds is 1. The first-order valence-corrected chi connectivity index (χ1v) is 4.25. The van der Waals surface area contributed by atoms with E-state index in [0.29, 0.717) is 0 Å². The molecule has 1 aromatic rings. The number of aliphatic hydroxyl groups is 1. The zero-order valence-corrected chi connectivity index (χ0v) is 6.96. The predicted molar refractivity (Wildman–Crippen MR) is 49.0 cm³/mol. The van der Waals surface area contributed by atoms with Gasteiger partial charge in [0.15, 0.2) is 0 Å². The summed E-state index contributed by atoms with van der Waals surface area (Å²) >= 11 is 0. The third kappa shape index (κ3) is 1.28. The fourth-order valence-electron chi connectivity index (χ4n) is 1.62. The third-order valence-electron chi connectivity index (χ3n) is 2.35. The van der Waals surface area contributed by atoms with Crippen molar-refractivity contribution in [3.8, 4) is 0 Å². The van der Waals surface area contributed by atoms with Crippen molar-refractivity contribution >= 4 is 0 Å². The van der Waals surface area contributed by atoms with Crippen LogP contribution in [-0.2, 0) is 12.8 Å². The second kappa shape index (κ2) is 3.11. The highest BCUT2D eigenvalue weighted by Crippen LogP contribution is 2.19. The number of aliphatic hydroxyl groups excluding tert-OH is 1. The van der Waals surface area contributed by atoms with Crippen molar-refractivity contribution in [1.29, 1.82) is 0 Å². The largest absolute Gasteiger partial charge is 0.392 e. The summed E-state index contributed by atoms with van der Waals surface area (Å²) in [5, 5.41) is 8.95.